The summed E-state index contributed by atoms with van der Waals surface area (Å²) in [7, 11) is 0. The van der Waals surface area contributed by atoms with E-state index in [0.29, 0.717) is 12.5 Å². The largest absolute Gasteiger partial charge is 0.337 e. The van der Waals surface area contributed by atoms with Gasteiger partial charge in [0.15, 0.2) is 0 Å². The lowest BCUT2D eigenvalue weighted by atomic mass is 9.95. The number of likely N-dealkylation sites (tertiary alicyclic amines) is 1. The van der Waals surface area contributed by atoms with Gasteiger partial charge in [0.1, 0.15) is 0 Å². The molecule has 2 aliphatic rings. The molecule has 1 amide bonds. The number of hydrogen-bond acceptors (Lipinski definition) is 3. The first-order valence-electron chi connectivity index (χ1n) is 8.53. The SMILES string of the molecule is NCCC1CCCN(CC(=O)N2CCc3ccccc3C2)C1. The van der Waals surface area contributed by atoms with Gasteiger partial charge in [-0.05, 0) is 55.8 Å². The van der Waals surface area contributed by atoms with E-state index in [-0.39, 0.29) is 5.91 Å². The molecule has 22 heavy (non-hydrogen) atoms. The number of nitrogens with zero attached hydrogens (tertiary/aromatic N) is 2. The Morgan fingerprint density at radius 3 is 2.86 bits per heavy atom. The Morgan fingerprint density at radius 2 is 2.05 bits per heavy atom. The van der Waals surface area contributed by atoms with Crippen LogP contribution in [-0.4, -0.2) is 48.4 Å². The van der Waals surface area contributed by atoms with Gasteiger partial charge in [-0.1, -0.05) is 24.3 Å². The molecule has 4 heteroatoms. The number of amides is 1. The zero-order chi connectivity index (χ0) is 15.4. The molecular weight excluding hydrogens is 274 g/mol. The highest BCUT2D eigenvalue weighted by Gasteiger charge is 2.25. The van der Waals surface area contributed by atoms with Crippen molar-refractivity contribution in [2.75, 3.05) is 32.7 Å². The van der Waals surface area contributed by atoms with Crippen LogP contribution in [-0.2, 0) is 17.8 Å². The Bertz CT molecular complexity index is 515. The third-order valence-corrected chi connectivity index (χ3v) is 5.02. The standard InChI is InChI=1S/C18H27N3O/c19-9-7-15-4-3-10-20(12-15)14-18(22)21-11-8-16-5-1-2-6-17(16)13-21/h1-2,5-6,15H,3-4,7-14,19H2. The van der Waals surface area contributed by atoms with Crippen LogP contribution >= 0.6 is 0 Å². The minimum atomic E-state index is 0.280. The number of fused-ring (bicyclic) bond motifs is 1. The topological polar surface area (TPSA) is 49.6 Å². The monoisotopic (exact) mass is 301 g/mol. The molecule has 2 N–H and O–H groups in total. The third kappa shape index (κ3) is 3.68. The minimum Gasteiger partial charge on any atom is -0.337 e. The van der Waals surface area contributed by atoms with E-state index in [4.69, 9.17) is 5.73 Å². The number of carbonyl (C=O) groups is 1. The zero-order valence-electron chi connectivity index (χ0n) is 13.3. The van der Waals surface area contributed by atoms with Gasteiger partial charge in [0, 0.05) is 19.6 Å². The molecule has 1 saturated heterocycles. The van der Waals surface area contributed by atoms with Crippen molar-refractivity contribution in [3.05, 3.63) is 35.4 Å². The summed E-state index contributed by atoms with van der Waals surface area (Å²) in [5, 5.41) is 0. The summed E-state index contributed by atoms with van der Waals surface area (Å²) in [4.78, 5) is 16.9. The summed E-state index contributed by atoms with van der Waals surface area (Å²) in [6.07, 6.45) is 4.53. The molecule has 0 aliphatic carbocycles. The van der Waals surface area contributed by atoms with E-state index in [0.717, 1.165) is 45.6 Å². The third-order valence-electron chi connectivity index (χ3n) is 5.02. The molecule has 4 nitrogen and oxygen atoms in total. The highest BCUT2D eigenvalue weighted by molar-refractivity contribution is 5.78. The first-order valence-corrected chi connectivity index (χ1v) is 8.53. The summed E-state index contributed by atoms with van der Waals surface area (Å²) in [5.41, 5.74) is 8.38. The van der Waals surface area contributed by atoms with Crippen molar-refractivity contribution >= 4 is 5.91 Å². The first-order chi connectivity index (χ1) is 10.8. The second-order valence-corrected chi connectivity index (χ2v) is 6.65. The Balaban J connectivity index is 1.54. The van der Waals surface area contributed by atoms with Gasteiger partial charge < -0.3 is 10.6 Å². The molecule has 1 atom stereocenters. The first kappa shape index (κ1) is 15.5. The van der Waals surface area contributed by atoms with Crippen LogP contribution < -0.4 is 5.73 Å². The summed E-state index contributed by atoms with van der Waals surface area (Å²) in [5.74, 6) is 0.955. The van der Waals surface area contributed by atoms with Gasteiger partial charge in [0.05, 0.1) is 6.54 Å². The fraction of sp³-hybridized carbons (Fsp3) is 0.611. The molecule has 0 spiro atoms. The van der Waals surface area contributed by atoms with E-state index in [1.807, 2.05) is 4.90 Å². The maximum atomic E-state index is 12.6. The Morgan fingerprint density at radius 1 is 1.23 bits per heavy atom. The summed E-state index contributed by atoms with van der Waals surface area (Å²) in [6.45, 7) is 5.05. The molecule has 0 radical (unpaired) electrons. The molecule has 0 aromatic heterocycles. The average molecular weight is 301 g/mol. The lowest BCUT2D eigenvalue weighted by Gasteiger charge is -2.35. The molecule has 2 aliphatic heterocycles. The Labute approximate surface area is 133 Å². The van der Waals surface area contributed by atoms with Crippen molar-refractivity contribution in [2.24, 2.45) is 11.7 Å². The van der Waals surface area contributed by atoms with Crippen LogP contribution in [0, 0.1) is 5.92 Å². The van der Waals surface area contributed by atoms with Gasteiger partial charge in [0.25, 0.3) is 0 Å². The summed E-state index contributed by atoms with van der Waals surface area (Å²) >= 11 is 0. The molecule has 2 heterocycles. The molecule has 120 valence electrons. The van der Waals surface area contributed by atoms with Crippen LogP contribution in [0.2, 0.25) is 0 Å². The minimum absolute atomic E-state index is 0.280. The van der Waals surface area contributed by atoms with Crippen LogP contribution in [0.3, 0.4) is 0 Å². The van der Waals surface area contributed by atoms with Crippen molar-refractivity contribution in [1.82, 2.24) is 9.80 Å². The van der Waals surface area contributed by atoms with Gasteiger partial charge in [0.2, 0.25) is 5.91 Å². The zero-order valence-corrected chi connectivity index (χ0v) is 13.3. The average Bonchev–Trinajstić information content (AvgIpc) is 2.55. The summed E-state index contributed by atoms with van der Waals surface area (Å²) in [6, 6.07) is 8.47. The fourth-order valence-electron chi connectivity index (χ4n) is 3.77. The molecule has 1 fully saturated rings. The Kier molecular flexibility index (Phi) is 5.11. The van der Waals surface area contributed by atoms with E-state index in [9.17, 15) is 4.79 Å². The van der Waals surface area contributed by atoms with E-state index >= 15 is 0 Å². The highest BCUT2D eigenvalue weighted by atomic mass is 16.2. The van der Waals surface area contributed by atoms with Gasteiger partial charge in [-0.25, -0.2) is 0 Å². The molecule has 1 aromatic rings. The number of hydrogen-bond donors (Lipinski definition) is 1. The van der Waals surface area contributed by atoms with E-state index < -0.39 is 0 Å². The molecule has 3 rings (SSSR count). The van der Waals surface area contributed by atoms with Crippen molar-refractivity contribution in [2.45, 2.75) is 32.2 Å². The normalized spacial score (nSPS) is 22.4. The van der Waals surface area contributed by atoms with Crippen molar-refractivity contribution in [3.63, 3.8) is 0 Å². The van der Waals surface area contributed by atoms with E-state index in [2.05, 4.69) is 29.2 Å². The Hall–Kier alpha value is -1.39. The quantitative estimate of drug-likeness (QED) is 0.919. The van der Waals surface area contributed by atoms with Crippen LogP contribution in [0.4, 0.5) is 0 Å². The molecule has 0 saturated carbocycles. The van der Waals surface area contributed by atoms with Crippen molar-refractivity contribution < 1.29 is 4.79 Å². The second kappa shape index (κ2) is 7.25. The molecular formula is C18H27N3O. The highest BCUT2D eigenvalue weighted by Crippen LogP contribution is 2.21. The number of rotatable bonds is 4. The van der Waals surface area contributed by atoms with Crippen molar-refractivity contribution in [3.8, 4) is 0 Å². The maximum absolute atomic E-state index is 12.6. The number of benzene rings is 1. The van der Waals surface area contributed by atoms with Crippen LogP contribution in [0.15, 0.2) is 24.3 Å². The number of piperidine rings is 1. The van der Waals surface area contributed by atoms with E-state index in [1.54, 1.807) is 0 Å². The number of nitrogens with two attached hydrogens (primary N) is 1. The predicted octanol–water partition coefficient (Wildman–Crippen LogP) is 1.63. The second-order valence-electron chi connectivity index (χ2n) is 6.65. The fourth-order valence-corrected chi connectivity index (χ4v) is 3.77. The van der Waals surface area contributed by atoms with Gasteiger partial charge >= 0.3 is 0 Å². The molecule has 1 aromatic carbocycles. The molecule has 0 bridgehead atoms. The lowest BCUT2D eigenvalue weighted by molar-refractivity contribution is -0.133. The van der Waals surface area contributed by atoms with Gasteiger partial charge in [-0.2, -0.15) is 0 Å². The summed E-state index contributed by atoms with van der Waals surface area (Å²) < 4.78 is 0. The van der Waals surface area contributed by atoms with Gasteiger partial charge in [-0.15, -0.1) is 0 Å². The van der Waals surface area contributed by atoms with E-state index in [1.165, 1.54) is 24.0 Å². The molecule has 1 unspecified atom stereocenters. The smallest absolute Gasteiger partial charge is 0.237 e. The van der Waals surface area contributed by atoms with Crippen LogP contribution in [0.1, 0.15) is 30.4 Å². The maximum Gasteiger partial charge on any atom is 0.237 e. The van der Waals surface area contributed by atoms with Crippen LogP contribution in [0.25, 0.3) is 0 Å². The van der Waals surface area contributed by atoms with Crippen LogP contribution in [0.5, 0.6) is 0 Å². The lowest BCUT2D eigenvalue weighted by Crippen LogP contribution is -2.45. The van der Waals surface area contributed by atoms with Crippen molar-refractivity contribution in [1.29, 1.82) is 0 Å². The predicted molar refractivity (Wildman–Crippen MR) is 88.4 cm³/mol. The van der Waals surface area contributed by atoms with Gasteiger partial charge in [-0.3, -0.25) is 9.69 Å². The number of carbonyl (C=O) groups excluding carboxylic acids is 1.